The summed E-state index contributed by atoms with van der Waals surface area (Å²) in [6, 6.07) is 17.9. The van der Waals surface area contributed by atoms with Gasteiger partial charge in [-0.15, -0.1) is 0 Å². The zero-order valence-corrected chi connectivity index (χ0v) is 16.7. The normalized spacial score (nSPS) is 10.5. The molecule has 0 amide bonds. The summed E-state index contributed by atoms with van der Waals surface area (Å²) in [6.07, 6.45) is 0. The summed E-state index contributed by atoms with van der Waals surface area (Å²) in [4.78, 5) is 11.2. The lowest BCUT2D eigenvalue weighted by Crippen LogP contribution is -2.06. The zero-order chi connectivity index (χ0) is 20.1. The number of anilines is 1. The Balaban J connectivity index is 1.77. The van der Waals surface area contributed by atoms with Crippen molar-refractivity contribution in [3.63, 3.8) is 0 Å². The van der Waals surface area contributed by atoms with Gasteiger partial charge in [0.25, 0.3) is 0 Å². The molecule has 0 saturated carbocycles. The van der Waals surface area contributed by atoms with Crippen molar-refractivity contribution in [1.29, 1.82) is 0 Å². The third kappa shape index (κ3) is 4.97. The van der Waals surface area contributed by atoms with Crippen LogP contribution in [0.1, 0.15) is 27.0 Å². The standard InChI is InChI=1S/C22H19Cl2NO3/c1-14-6-7-15(22(26)27)11-20(14)25-12-17-10-18(23)8-9-21(17)28-13-16-4-2-3-5-19(16)24/h2-11,25H,12-13H2,1H3,(H,26,27). The SMILES string of the molecule is Cc1ccc(C(=O)O)cc1NCc1cc(Cl)ccc1OCc1ccccc1Cl. The number of aryl methyl sites for hydroxylation is 1. The molecule has 6 heteroatoms. The Bertz CT molecular complexity index is 1000. The van der Waals surface area contributed by atoms with E-state index in [0.717, 1.165) is 22.4 Å². The number of nitrogens with one attached hydrogen (secondary N) is 1. The quantitative estimate of drug-likeness (QED) is 0.482. The molecule has 0 heterocycles. The maximum atomic E-state index is 11.2. The van der Waals surface area contributed by atoms with Gasteiger partial charge in [0.15, 0.2) is 0 Å². The van der Waals surface area contributed by atoms with E-state index in [-0.39, 0.29) is 5.56 Å². The first-order valence-corrected chi connectivity index (χ1v) is 9.42. The summed E-state index contributed by atoms with van der Waals surface area (Å²) >= 11 is 12.3. The highest BCUT2D eigenvalue weighted by Gasteiger charge is 2.10. The van der Waals surface area contributed by atoms with E-state index in [1.54, 1.807) is 24.3 Å². The Hall–Kier alpha value is -2.69. The summed E-state index contributed by atoms with van der Waals surface area (Å²) in [5, 5.41) is 13.7. The highest BCUT2D eigenvalue weighted by atomic mass is 35.5. The molecule has 3 aromatic rings. The van der Waals surface area contributed by atoms with E-state index in [2.05, 4.69) is 5.32 Å². The molecule has 3 aromatic carbocycles. The van der Waals surface area contributed by atoms with E-state index in [9.17, 15) is 9.90 Å². The number of rotatable bonds is 7. The van der Waals surface area contributed by atoms with Crippen LogP contribution in [-0.2, 0) is 13.2 Å². The first kappa shape index (κ1) is 20.1. The first-order valence-electron chi connectivity index (χ1n) is 8.66. The minimum atomic E-state index is -0.963. The Morgan fingerprint density at radius 3 is 2.57 bits per heavy atom. The van der Waals surface area contributed by atoms with Gasteiger partial charge in [0.2, 0.25) is 0 Å². The van der Waals surface area contributed by atoms with Crippen LogP contribution in [-0.4, -0.2) is 11.1 Å². The minimum absolute atomic E-state index is 0.231. The third-order valence-electron chi connectivity index (χ3n) is 4.32. The molecule has 0 aliphatic carbocycles. The fraction of sp³-hybridized carbons (Fsp3) is 0.136. The van der Waals surface area contributed by atoms with Gasteiger partial charge >= 0.3 is 5.97 Å². The van der Waals surface area contributed by atoms with Gasteiger partial charge in [-0.1, -0.05) is 47.5 Å². The van der Waals surface area contributed by atoms with Crippen LogP contribution in [0.15, 0.2) is 60.7 Å². The Morgan fingerprint density at radius 1 is 1.04 bits per heavy atom. The highest BCUT2D eigenvalue weighted by Crippen LogP contribution is 2.27. The van der Waals surface area contributed by atoms with Crippen LogP contribution in [0.5, 0.6) is 5.75 Å². The number of ether oxygens (including phenoxy) is 1. The number of hydrogen-bond acceptors (Lipinski definition) is 3. The van der Waals surface area contributed by atoms with Crippen LogP contribution in [0.3, 0.4) is 0 Å². The summed E-state index contributed by atoms with van der Waals surface area (Å²) < 4.78 is 5.96. The maximum absolute atomic E-state index is 11.2. The van der Waals surface area contributed by atoms with Crippen LogP contribution >= 0.6 is 23.2 Å². The molecule has 0 bridgehead atoms. The van der Waals surface area contributed by atoms with Gasteiger partial charge in [0.05, 0.1) is 5.56 Å². The number of halogens is 2. The van der Waals surface area contributed by atoms with Gasteiger partial charge in [-0.2, -0.15) is 0 Å². The topological polar surface area (TPSA) is 58.6 Å². The predicted octanol–water partition coefficient (Wildman–Crippen LogP) is 6.19. The number of carboxylic acids is 1. The van der Waals surface area contributed by atoms with Gasteiger partial charge in [-0.05, 0) is 48.9 Å². The average Bonchev–Trinajstić information content (AvgIpc) is 2.67. The van der Waals surface area contributed by atoms with Crippen molar-refractivity contribution in [2.24, 2.45) is 0 Å². The van der Waals surface area contributed by atoms with E-state index < -0.39 is 5.97 Å². The first-order chi connectivity index (χ1) is 13.4. The van der Waals surface area contributed by atoms with Crippen LogP contribution < -0.4 is 10.1 Å². The number of carboxylic acid groups (broad SMARTS) is 1. The molecular formula is C22H19Cl2NO3. The lowest BCUT2D eigenvalue weighted by Gasteiger charge is -2.15. The van der Waals surface area contributed by atoms with E-state index in [1.807, 2.05) is 43.3 Å². The molecule has 0 aliphatic rings. The molecule has 2 N–H and O–H groups in total. The molecule has 0 spiro atoms. The Labute approximate surface area is 173 Å². The van der Waals surface area contributed by atoms with Gasteiger partial charge in [-0.25, -0.2) is 4.79 Å². The second-order valence-corrected chi connectivity index (χ2v) is 7.16. The minimum Gasteiger partial charge on any atom is -0.488 e. The average molecular weight is 416 g/mol. The van der Waals surface area contributed by atoms with Crippen molar-refractivity contribution in [2.45, 2.75) is 20.1 Å². The molecule has 0 aromatic heterocycles. The molecule has 144 valence electrons. The van der Waals surface area contributed by atoms with E-state index in [4.69, 9.17) is 27.9 Å². The molecule has 4 nitrogen and oxygen atoms in total. The fourth-order valence-corrected chi connectivity index (χ4v) is 3.12. The molecule has 0 unspecified atom stereocenters. The summed E-state index contributed by atoms with van der Waals surface area (Å²) in [5.74, 6) is -0.279. The fourth-order valence-electron chi connectivity index (χ4n) is 2.73. The molecular weight excluding hydrogens is 397 g/mol. The van der Waals surface area contributed by atoms with E-state index in [0.29, 0.717) is 28.9 Å². The largest absolute Gasteiger partial charge is 0.488 e. The van der Waals surface area contributed by atoms with Crippen molar-refractivity contribution >= 4 is 34.9 Å². The van der Waals surface area contributed by atoms with Gasteiger partial charge in [-0.3, -0.25) is 0 Å². The number of hydrogen-bond donors (Lipinski definition) is 2. The van der Waals surface area contributed by atoms with Crippen LogP contribution in [0.2, 0.25) is 10.0 Å². The molecule has 0 saturated heterocycles. The number of carbonyl (C=O) groups is 1. The van der Waals surface area contributed by atoms with Crippen molar-refractivity contribution in [1.82, 2.24) is 0 Å². The van der Waals surface area contributed by atoms with Gasteiger partial charge < -0.3 is 15.2 Å². The molecule has 3 rings (SSSR count). The lowest BCUT2D eigenvalue weighted by atomic mass is 10.1. The number of benzene rings is 3. The van der Waals surface area contributed by atoms with Crippen molar-refractivity contribution in [3.8, 4) is 5.75 Å². The van der Waals surface area contributed by atoms with Crippen LogP contribution in [0.25, 0.3) is 0 Å². The van der Waals surface area contributed by atoms with E-state index >= 15 is 0 Å². The predicted molar refractivity (Wildman–Crippen MR) is 113 cm³/mol. The highest BCUT2D eigenvalue weighted by molar-refractivity contribution is 6.31. The molecule has 0 fully saturated rings. The van der Waals surface area contributed by atoms with Gasteiger partial charge in [0.1, 0.15) is 12.4 Å². The summed E-state index contributed by atoms with van der Waals surface area (Å²) in [5.41, 5.74) is 3.68. The monoisotopic (exact) mass is 415 g/mol. The second-order valence-electron chi connectivity index (χ2n) is 6.32. The molecule has 0 aliphatic heterocycles. The van der Waals surface area contributed by atoms with Crippen molar-refractivity contribution in [2.75, 3.05) is 5.32 Å². The Morgan fingerprint density at radius 2 is 1.82 bits per heavy atom. The smallest absolute Gasteiger partial charge is 0.335 e. The second kappa shape index (κ2) is 9.00. The molecule has 0 atom stereocenters. The molecule has 28 heavy (non-hydrogen) atoms. The zero-order valence-electron chi connectivity index (χ0n) is 15.2. The summed E-state index contributed by atoms with van der Waals surface area (Å²) in [6.45, 7) is 2.69. The molecule has 0 radical (unpaired) electrons. The van der Waals surface area contributed by atoms with Crippen LogP contribution in [0, 0.1) is 6.92 Å². The Kier molecular flexibility index (Phi) is 6.45. The van der Waals surface area contributed by atoms with Crippen molar-refractivity contribution in [3.05, 3.63) is 93.0 Å². The lowest BCUT2D eigenvalue weighted by molar-refractivity contribution is 0.0697. The maximum Gasteiger partial charge on any atom is 0.335 e. The number of aromatic carboxylic acids is 1. The van der Waals surface area contributed by atoms with Crippen molar-refractivity contribution < 1.29 is 14.6 Å². The summed E-state index contributed by atoms with van der Waals surface area (Å²) in [7, 11) is 0. The van der Waals surface area contributed by atoms with Gasteiger partial charge in [0, 0.05) is 33.4 Å². The van der Waals surface area contributed by atoms with Crippen LogP contribution in [0.4, 0.5) is 5.69 Å². The third-order valence-corrected chi connectivity index (χ3v) is 4.92. The van der Waals surface area contributed by atoms with E-state index in [1.165, 1.54) is 0 Å².